The minimum atomic E-state index is -6.00. The van der Waals surface area contributed by atoms with E-state index in [-0.39, 0.29) is 7.92 Å². The van der Waals surface area contributed by atoms with Gasteiger partial charge in [-0.15, -0.1) is 0 Å². The van der Waals surface area contributed by atoms with Crippen LogP contribution in [-0.2, 0) is 0 Å². The van der Waals surface area contributed by atoms with Crippen molar-refractivity contribution in [2.24, 2.45) is 0 Å². The average molecular weight is 393 g/mol. The monoisotopic (exact) mass is 393 g/mol. The van der Waals surface area contributed by atoms with Gasteiger partial charge in [0.1, 0.15) is 6.04 Å². The Hall–Kier alpha value is -2.17. The summed E-state index contributed by atoms with van der Waals surface area (Å²) < 4.78 is 39.0. The zero-order chi connectivity index (χ0) is 19.7. The van der Waals surface area contributed by atoms with E-state index in [0.717, 1.165) is 6.16 Å². The Morgan fingerprint density at radius 1 is 0.667 bits per heavy atom. The minimum Gasteiger partial charge on any atom is -0.418 e. The maximum atomic E-state index is 9.75. The third-order valence-corrected chi connectivity index (χ3v) is 6.46. The van der Waals surface area contributed by atoms with Crippen LogP contribution in [0.3, 0.4) is 0 Å². The summed E-state index contributed by atoms with van der Waals surface area (Å²) in [7, 11) is -6.38. The molecule has 1 atom stereocenters. The van der Waals surface area contributed by atoms with Gasteiger partial charge in [-0.05, 0) is 18.5 Å². The molecule has 0 radical (unpaired) electrons. The van der Waals surface area contributed by atoms with Crippen LogP contribution in [0.5, 0.6) is 0 Å². The van der Waals surface area contributed by atoms with E-state index in [1.54, 1.807) is 0 Å². The second-order valence-electron chi connectivity index (χ2n) is 5.88. The lowest BCUT2D eigenvalue weighted by molar-refractivity contribution is -0.418. The zero-order valence-corrected chi connectivity index (χ0v) is 15.6. The minimum absolute atomic E-state index is 0.313. The van der Waals surface area contributed by atoms with Gasteiger partial charge in [0, 0.05) is 11.7 Å². The van der Waals surface area contributed by atoms with Crippen LogP contribution in [0.15, 0.2) is 91.0 Å². The molecule has 3 N–H and O–H groups in total. The summed E-state index contributed by atoms with van der Waals surface area (Å²) in [6.07, 6.45) is 1.08. The Morgan fingerprint density at radius 3 is 1.37 bits per heavy atom. The molecule has 7 heteroatoms. The molecule has 0 heterocycles. The molecule has 0 unspecified atom stereocenters. The number of quaternary nitrogens is 1. The summed E-state index contributed by atoms with van der Waals surface area (Å²) in [6.45, 7) is 0. The molecule has 3 aromatic carbocycles. The molecule has 0 amide bonds. The summed E-state index contributed by atoms with van der Waals surface area (Å²) in [5.41, 5.74) is 5.74. The quantitative estimate of drug-likeness (QED) is 0.378. The lowest BCUT2D eigenvalue weighted by atomic mass is 10.1. The Labute approximate surface area is 158 Å². The fourth-order valence-electron chi connectivity index (χ4n) is 2.63. The van der Waals surface area contributed by atoms with Crippen molar-refractivity contribution in [1.82, 2.24) is 0 Å². The summed E-state index contributed by atoms with van der Waals surface area (Å²) in [5.74, 6) is 0. The number of benzene rings is 3. The van der Waals surface area contributed by atoms with Gasteiger partial charge in [-0.3, -0.25) is 0 Å². The highest BCUT2D eigenvalue weighted by molar-refractivity contribution is 7.73. The molecule has 142 valence electrons. The first-order valence-corrected chi connectivity index (χ1v) is 10.0. The largest absolute Gasteiger partial charge is 0.673 e. The van der Waals surface area contributed by atoms with Gasteiger partial charge in [-0.25, -0.2) is 0 Å². The van der Waals surface area contributed by atoms with Gasteiger partial charge in [0.25, 0.3) is 0 Å². The summed E-state index contributed by atoms with van der Waals surface area (Å²) in [5, 5.41) is 2.85. The molecule has 0 fully saturated rings. The maximum absolute atomic E-state index is 9.75. The summed E-state index contributed by atoms with van der Waals surface area (Å²) in [4.78, 5) is 0. The molecular weight excluding hydrogens is 372 g/mol. The third kappa shape index (κ3) is 7.94. The molecule has 0 aliphatic heterocycles. The van der Waals surface area contributed by atoms with E-state index in [4.69, 9.17) is 0 Å². The Bertz CT molecular complexity index is 740. The first-order valence-electron chi connectivity index (χ1n) is 8.47. The molecule has 3 aromatic rings. The van der Waals surface area contributed by atoms with Crippen LogP contribution in [0, 0.1) is 0 Å². The van der Waals surface area contributed by atoms with Crippen LogP contribution in [0.2, 0.25) is 0 Å². The Kier molecular flexibility index (Phi) is 8.02. The molecule has 0 bridgehead atoms. The smallest absolute Gasteiger partial charge is 0.418 e. The second kappa shape index (κ2) is 10.2. The Balaban J connectivity index is 0.000000465. The lowest BCUT2D eigenvalue weighted by Crippen LogP contribution is -2.55. The average Bonchev–Trinajstić information content (AvgIpc) is 2.67. The highest BCUT2D eigenvalue weighted by Gasteiger charge is 2.21. The highest BCUT2D eigenvalue weighted by atomic mass is 31.1. The van der Waals surface area contributed by atoms with Gasteiger partial charge >= 0.3 is 7.25 Å². The van der Waals surface area contributed by atoms with Crippen LogP contribution < -0.4 is 16.3 Å². The van der Waals surface area contributed by atoms with Gasteiger partial charge < -0.3 is 23.0 Å². The fraction of sp³-hybridized carbons (Fsp3) is 0.100. The van der Waals surface area contributed by atoms with Gasteiger partial charge in [0.05, 0.1) is 0 Å². The van der Waals surface area contributed by atoms with Crippen molar-refractivity contribution in [3.8, 4) is 0 Å². The normalized spacial score (nSPS) is 12.2. The molecule has 0 aromatic heterocycles. The van der Waals surface area contributed by atoms with Crippen molar-refractivity contribution < 1.29 is 23.0 Å². The van der Waals surface area contributed by atoms with Crippen LogP contribution in [-0.4, -0.2) is 13.4 Å². The molecule has 0 saturated heterocycles. The van der Waals surface area contributed by atoms with Gasteiger partial charge in [-0.2, -0.15) is 0 Å². The second-order valence-corrected chi connectivity index (χ2v) is 8.14. The van der Waals surface area contributed by atoms with Crippen molar-refractivity contribution in [2.75, 3.05) is 6.16 Å². The molecular formula is C20H21BF4NP. The van der Waals surface area contributed by atoms with Crippen molar-refractivity contribution in [3.05, 3.63) is 96.6 Å². The molecule has 0 saturated carbocycles. The van der Waals surface area contributed by atoms with E-state index in [9.17, 15) is 17.3 Å². The van der Waals surface area contributed by atoms with Crippen LogP contribution in [0.4, 0.5) is 17.3 Å². The number of rotatable bonds is 5. The van der Waals surface area contributed by atoms with E-state index >= 15 is 0 Å². The first kappa shape index (κ1) is 21.1. The molecule has 0 aliphatic rings. The lowest BCUT2D eigenvalue weighted by Gasteiger charge is -2.21. The molecule has 0 spiro atoms. The van der Waals surface area contributed by atoms with E-state index < -0.39 is 7.25 Å². The van der Waals surface area contributed by atoms with Gasteiger partial charge in [-0.1, -0.05) is 91.0 Å². The molecule has 3 rings (SSSR count). The van der Waals surface area contributed by atoms with Crippen LogP contribution in [0.1, 0.15) is 11.6 Å². The van der Waals surface area contributed by atoms with Gasteiger partial charge in [0.15, 0.2) is 0 Å². The Morgan fingerprint density at radius 2 is 1.00 bits per heavy atom. The van der Waals surface area contributed by atoms with Gasteiger partial charge in [0.2, 0.25) is 0 Å². The molecule has 1 nitrogen and oxygen atoms in total. The maximum Gasteiger partial charge on any atom is 0.673 e. The first-order chi connectivity index (χ1) is 12.8. The number of hydrogen-bond acceptors (Lipinski definition) is 0. The zero-order valence-electron chi connectivity index (χ0n) is 14.7. The topological polar surface area (TPSA) is 27.6 Å². The standard InChI is InChI=1S/C20H20NP.BF4/c21-20(17-10-4-1-5-11-17)16-22(18-12-6-2-7-13-18)19-14-8-3-9-15-19;2-1(3,4)5/h1-15,20H,16,21H2;/q;-1/p+1/t20-;/m0./s1. The fourth-order valence-corrected chi connectivity index (χ4v) is 5.06. The predicted octanol–water partition coefficient (Wildman–Crippen LogP) is 4.40. The van der Waals surface area contributed by atoms with E-state index in [1.807, 2.05) is 0 Å². The molecule has 0 aliphatic carbocycles. The van der Waals surface area contributed by atoms with Crippen LogP contribution in [0.25, 0.3) is 0 Å². The van der Waals surface area contributed by atoms with Crippen molar-refractivity contribution >= 4 is 25.8 Å². The highest BCUT2D eigenvalue weighted by Crippen LogP contribution is 2.36. The van der Waals surface area contributed by atoms with Crippen LogP contribution >= 0.6 is 7.92 Å². The molecule has 27 heavy (non-hydrogen) atoms. The van der Waals surface area contributed by atoms with Crippen molar-refractivity contribution in [2.45, 2.75) is 6.04 Å². The number of halogens is 4. The summed E-state index contributed by atoms with van der Waals surface area (Å²) in [6, 6.07) is 32.6. The summed E-state index contributed by atoms with van der Waals surface area (Å²) >= 11 is 0. The predicted molar refractivity (Wildman–Crippen MR) is 106 cm³/mol. The van der Waals surface area contributed by atoms with E-state index in [2.05, 4.69) is 96.7 Å². The van der Waals surface area contributed by atoms with E-state index in [1.165, 1.54) is 16.2 Å². The van der Waals surface area contributed by atoms with Crippen molar-refractivity contribution in [1.29, 1.82) is 0 Å². The SMILES string of the molecule is F[B-](F)(F)F.[NH3+][C@@H](CP(c1ccccc1)c1ccccc1)c1ccccc1. The van der Waals surface area contributed by atoms with Crippen molar-refractivity contribution in [3.63, 3.8) is 0 Å². The number of hydrogen-bond donors (Lipinski definition) is 1. The third-order valence-electron chi connectivity index (χ3n) is 3.81. The van der Waals surface area contributed by atoms with E-state index in [0.29, 0.717) is 6.04 Å².